The third-order valence-electron chi connectivity index (χ3n) is 4.74. The zero-order valence-electron chi connectivity index (χ0n) is 15.8. The third kappa shape index (κ3) is 4.09. The predicted molar refractivity (Wildman–Crippen MR) is 103 cm³/mol. The van der Waals surface area contributed by atoms with E-state index in [1.165, 1.54) is 6.26 Å². The molecular formula is C21H23N3O4. The molecule has 1 saturated heterocycles. The minimum absolute atomic E-state index is 0.0520. The van der Waals surface area contributed by atoms with Gasteiger partial charge in [0.2, 0.25) is 5.89 Å². The maximum Gasteiger partial charge on any atom is 0.289 e. The fourth-order valence-corrected chi connectivity index (χ4v) is 3.27. The van der Waals surface area contributed by atoms with Crippen LogP contribution in [0.4, 0.5) is 0 Å². The van der Waals surface area contributed by atoms with Crippen molar-refractivity contribution in [3.63, 3.8) is 0 Å². The van der Waals surface area contributed by atoms with Crippen molar-refractivity contribution in [1.82, 2.24) is 14.8 Å². The Hall–Kier alpha value is -3.06. The highest BCUT2D eigenvalue weighted by Crippen LogP contribution is 2.22. The van der Waals surface area contributed by atoms with Gasteiger partial charge in [0, 0.05) is 38.3 Å². The summed E-state index contributed by atoms with van der Waals surface area (Å²) in [5, 5.41) is 0. The second-order valence-electron chi connectivity index (χ2n) is 6.65. The van der Waals surface area contributed by atoms with Crippen LogP contribution in [0.1, 0.15) is 23.2 Å². The molecular weight excluding hydrogens is 358 g/mol. The Morgan fingerprint density at radius 1 is 1.11 bits per heavy atom. The molecule has 0 atom stereocenters. The zero-order valence-corrected chi connectivity index (χ0v) is 15.8. The van der Waals surface area contributed by atoms with Crippen LogP contribution < -0.4 is 4.74 Å². The highest BCUT2D eigenvalue weighted by atomic mass is 16.5. The largest absolute Gasteiger partial charge is 0.494 e. The Bertz CT molecular complexity index is 894. The van der Waals surface area contributed by atoms with E-state index < -0.39 is 0 Å². The number of ether oxygens (including phenoxy) is 1. The summed E-state index contributed by atoms with van der Waals surface area (Å²) >= 11 is 0. The smallest absolute Gasteiger partial charge is 0.289 e. The number of hydrogen-bond acceptors (Lipinski definition) is 6. The first-order chi connectivity index (χ1) is 13.7. The van der Waals surface area contributed by atoms with E-state index in [0.29, 0.717) is 37.9 Å². The normalized spacial score (nSPS) is 15.0. The summed E-state index contributed by atoms with van der Waals surface area (Å²) < 4.78 is 16.3. The van der Waals surface area contributed by atoms with Gasteiger partial charge in [0.25, 0.3) is 5.91 Å². The van der Waals surface area contributed by atoms with Crippen molar-refractivity contribution >= 4 is 5.91 Å². The molecule has 0 unspecified atom stereocenters. The fraction of sp³-hybridized carbons (Fsp3) is 0.333. The number of carbonyl (C=O) groups excluding carboxylic acids is 1. The number of carbonyl (C=O) groups is 1. The van der Waals surface area contributed by atoms with E-state index in [2.05, 4.69) is 9.88 Å². The zero-order chi connectivity index (χ0) is 19.3. The molecule has 4 rings (SSSR count). The van der Waals surface area contributed by atoms with Crippen molar-refractivity contribution in [2.24, 2.45) is 0 Å². The number of oxazole rings is 1. The molecule has 3 heterocycles. The van der Waals surface area contributed by atoms with Gasteiger partial charge in [-0.25, -0.2) is 4.98 Å². The van der Waals surface area contributed by atoms with Crippen LogP contribution in [-0.2, 0) is 6.54 Å². The molecule has 0 N–H and O–H groups in total. The quantitative estimate of drug-likeness (QED) is 0.652. The van der Waals surface area contributed by atoms with Gasteiger partial charge in [0.1, 0.15) is 12.0 Å². The molecule has 0 spiro atoms. The van der Waals surface area contributed by atoms with Crippen LogP contribution in [0.5, 0.6) is 5.75 Å². The van der Waals surface area contributed by atoms with Crippen molar-refractivity contribution in [1.29, 1.82) is 0 Å². The lowest BCUT2D eigenvalue weighted by atomic mass is 10.2. The SMILES string of the molecule is CCOc1ccc(-c2nc(CN3CCN(C(=O)c4ccco4)CC3)co2)cc1. The van der Waals surface area contributed by atoms with Crippen molar-refractivity contribution < 1.29 is 18.4 Å². The minimum Gasteiger partial charge on any atom is -0.494 e. The minimum atomic E-state index is -0.0520. The number of rotatable bonds is 6. The Labute approximate surface area is 163 Å². The van der Waals surface area contributed by atoms with E-state index in [9.17, 15) is 4.79 Å². The highest BCUT2D eigenvalue weighted by Gasteiger charge is 2.24. The third-order valence-corrected chi connectivity index (χ3v) is 4.74. The van der Waals surface area contributed by atoms with E-state index in [-0.39, 0.29) is 5.91 Å². The van der Waals surface area contributed by atoms with Crippen LogP contribution in [0.2, 0.25) is 0 Å². The fourth-order valence-electron chi connectivity index (χ4n) is 3.27. The number of amides is 1. The molecule has 0 saturated carbocycles. The van der Waals surface area contributed by atoms with Gasteiger partial charge in [-0.15, -0.1) is 0 Å². The van der Waals surface area contributed by atoms with E-state index in [4.69, 9.17) is 13.6 Å². The second kappa shape index (κ2) is 8.31. The molecule has 0 bridgehead atoms. The maximum absolute atomic E-state index is 12.3. The molecule has 3 aromatic rings. The van der Waals surface area contributed by atoms with E-state index in [1.54, 1.807) is 18.4 Å². The molecule has 146 valence electrons. The number of benzene rings is 1. The first-order valence-corrected chi connectivity index (χ1v) is 9.45. The number of furan rings is 1. The molecule has 28 heavy (non-hydrogen) atoms. The predicted octanol–water partition coefficient (Wildman–Crippen LogP) is 3.29. The van der Waals surface area contributed by atoms with Crippen molar-refractivity contribution in [3.8, 4) is 17.2 Å². The van der Waals surface area contributed by atoms with E-state index in [1.807, 2.05) is 36.1 Å². The average Bonchev–Trinajstić information content (AvgIpc) is 3.41. The van der Waals surface area contributed by atoms with Gasteiger partial charge in [0.05, 0.1) is 18.6 Å². The topological polar surface area (TPSA) is 72.0 Å². The number of nitrogens with zero attached hydrogens (tertiary/aromatic N) is 3. The molecule has 1 amide bonds. The van der Waals surface area contributed by atoms with Crippen molar-refractivity contribution in [2.45, 2.75) is 13.5 Å². The summed E-state index contributed by atoms with van der Waals surface area (Å²) in [6.07, 6.45) is 3.22. The molecule has 0 aliphatic carbocycles. The Balaban J connectivity index is 1.32. The molecule has 1 aliphatic heterocycles. The maximum atomic E-state index is 12.3. The summed E-state index contributed by atoms with van der Waals surface area (Å²) in [4.78, 5) is 21.0. The van der Waals surface area contributed by atoms with Gasteiger partial charge in [0.15, 0.2) is 5.76 Å². The van der Waals surface area contributed by atoms with E-state index >= 15 is 0 Å². The lowest BCUT2D eigenvalue weighted by Gasteiger charge is -2.33. The lowest BCUT2D eigenvalue weighted by molar-refractivity contribution is 0.0596. The van der Waals surface area contributed by atoms with Gasteiger partial charge in [-0.2, -0.15) is 0 Å². The summed E-state index contributed by atoms with van der Waals surface area (Å²) in [6.45, 7) is 6.22. The monoisotopic (exact) mass is 381 g/mol. The van der Waals surface area contributed by atoms with Crippen LogP contribution in [0, 0.1) is 0 Å². The molecule has 7 nitrogen and oxygen atoms in total. The van der Waals surface area contributed by atoms with Crippen LogP contribution in [0.15, 0.2) is 57.8 Å². The Morgan fingerprint density at radius 3 is 2.57 bits per heavy atom. The average molecular weight is 381 g/mol. The van der Waals surface area contributed by atoms with Gasteiger partial charge in [-0.05, 0) is 43.3 Å². The summed E-state index contributed by atoms with van der Waals surface area (Å²) in [5.74, 6) is 1.78. The standard InChI is InChI=1S/C21H23N3O4/c1-2-26-18-7-5-16(6-8-18)20-22-17(15-28-20)14-23-9-11-24(12-10-23)21(25)19-4-3-13-27-19/h3-8,13,15H,2,9-12,14H2,1H3. The lowest BCUT2D eigenvalue weighted by Crippen LogP contribution is -2.48. The first kappa shape index (κ1) is 18.3. The molecule has 2 aromatic heterocycles. The molecule has 1 aromatic carbocycles. The van der Waals surface area contributed by atoms with Crippen LogP contribution in [-0.4, -0.2) is 53.5 Å². The Morgan fingerprint density at radius 2 is 1.89 bits per heavy atom. The molecule has 1 aliphatic rings. The van der Waals surface area contributed by atoms with E-state index in [0.717, 1.165) is 30.1 Å². The highest BCUT2D eigenvalue weighted by molar-refractivity contribution is 5.91. The number of piperazine rings is 1. The van der Waals surface area contributed by atoms with Gasteiger partial charge in [-0.3, -0.25) is 9.69 Å². The second-order valence-corrected chi connectivity index (χ2v) is 6.65. The van der Waals surface area contributed by atoms with Crippen molar-refractivity contribution in [3.05, 3.63) is 60.4 Å². The summed E-state index contributed by atoms with van der Waals surface area (Å²) in [5.41, 5.74) is 1.80. The summed E-state index contributed by atoms with van der Waals surface area (Å²) in [6, 6.07) is 11.2. The first-order valence-electron chi connectivity index (χ1n) is 9.45. The van der Waals surface area contributed by atoms with Crippen LogP contribution in [0.3, 0.4) is 0 Å². The summed E-state index contributed by atoms with van der Waals surface area (Å²) in [7, 11) is 0. The molecule has 1 fully saturated rings. The molecule has 0 radical (unpaired) electrons. The van der Waals surface area contributed by atoms with Crippen LogP contribution >= 0.6 is 0 Å². The van der Waals surface area contributed by atoms with Gasteiger partial charge < -0.3 is 18.5 Å². The molecule has 7 heteroatoms. The number of aromatic nitrogens is 1. The van der Waals surface area contributed by atoms with Crippen LogP contribution in [0.25, 0.3) is 11.5 Å². The van der Waals surface area contributed by atoms with Crippen molar-refractivity contribution in [2.75, 3.05) is 32.8 Å². The number of hydrogen-bond donors (Lipinski definition) is 0. The Kier molecular flexibility index (Phi) is 5.43. The van der Waals surface area contributed by atoms with Gasteiger partial charge >= 0.3 is 0 Å². The van der Waals surface area contributed by atoms with Gasteiger partial charge in [-0.1, -0.05) is 0 Å².